The Balaban J connectivity index is 0.964. The summed E-state index contributed by atoms with van der Waals surface area (Å²) in [6.45, 7) is 6.17. The Hall–Kier alpha value is -5.00. The lowest BCUT2D eigenvalue weighted by atomic mass is 10.0. The van der Waals surface area contributed by atoms with Gasteiger partial charge >= 0.3 is 0 Å². The number of anilines is 3. The summed E-state index contributed by atoms with van der Waals surface area (Å²) in [4.78, 5) is 32.1. The van der Waals surface area contributed by atoms with Gasteiger partial charge in [-0.1, -0.05) is 0 Å². The van der Waals surface area contributed by atoms with Crippen molar-refractivity contribution in [2.75, 3.05) is 69.2 Å². The van der Waals surface area contributed by atoms with Gasteiger partial charge in [-0.05, 0) is 42.5 Å². The highest BCUT2D eigenvalue weighted by molar-refractivity contribution is 5.94. The smallest absolute Gasteiger partial charge is 0.253 e. The number of likely N-dealkylation sites (tertiary alicyclic amines) is 1. The van der Waals surface area contributed by atoms with E-state index >= 15 is 4.39 Å². The summed E-state index contributed by atoms with van der Waals surface area (Å²) >= 11 is 0. The van der Waals surface area contributed by atoms with Crippen molar-refractivity contribution >= 4 is 23.2 Å². The van der Waals surface area contributed by atoms with Gasteiger partial charge in [0.1, 0.15) is 24.3 Å². The van der Waals surface area contributed by atoms with Gasteiger partial charge in [0.05, 0.1) is 49.7 Å². The number of carbonyl (C=O) groups excluding carboxylic acids is 1. The molecule has 1 amide bonds. The molecule has 0 aliphatic carbocycles. The number of aromatic nitrogens is 3. The first kappa shape index (κ1) is 29.7. The van der Waals surface area contributed by atoms with Crippen LogP contribution < -0.4 is 15.0 Å². The summed E-state index contributed by atoms with van der Waals surface area (Å²) in [7, 11) is 0. The molecule has 46 heavy (non-hydrogen) atoms. The quantitative estimate of drug-likeness (QED) is 0.396. The number of azo groups is 1. The minimum Gasteiger partial charge on any atom is -0.486 e. The minimum absolute atomic E-state index is 0.0995. The van der Waals surface area contributed by atoms with Crippen LogP contribution in [0.3, 0.4) is 0 Å². The average molecular weight is 625 g/mol. The number of rotatable bonds is 8. The number of benzene rings is 2. The monoisotopic (exact) mass is 624 g/mol. The molecule has 2 aromatic carbocycles. The lowest BCUT2D eigenvalue weighted by molar-refractivity contribution is -0.130. The molecule has 13 nitrogen and oxygen atoms in total. The summed E-state index contributed by atoms with van der Waals surface area (Å²) in [5.74, 6) is 0.744. The lowest BCUT2D eigenvalue weighted by Gasteiger charge is -2.43. The molecule has 4 aliphatic rings. The van der Waals surface area contributed by atoms with Crippen LogP contribution in [0.2, 0.25) is 0 Å². The molecule has 0 saturated carbocycles. The third kappa shape index (κ3) is 6.37. The first-order chi connectivity index (χ1) is 22.5. The first-order valence-electron chi connectivity index (χ1n) is 15.4. The molecular formula is C32H33FN10O3. The van der Waals surface area contributed by atoms with Gasteiger partial charge in [0.15, 0.2) is 12.0 Å². The number of amides is 1. The molecule has 2 atom stereocenters. The standard InChI is InChI=1S/C32H33FN10O3/c33-27-17-43(31(44)23-15-37-38-16-23)8-7-29(27)46-28-6-1-21(13-22(28)14-34)30-35-20-36-32(40-30)39-24-2-4-25(5-3-24)41-9-11-42(12-10-41)26-18-45-19-26/h1-6,13,15,20,26-27,29H,7-12,16-19H2,(H,35,36,39,40)/t27-,29+/m1/s1. The Morgan fingerprint density at radius 2 is 1.89 bits per heavy atom. The van der Waals surface area contributed by atoms with E-state index in [0.717, 1.165) is 45.1 Å². The molecule has 1 N–H and O–H groups in total. The summed E-state index contributed by atoms with van der Waals surface area (Å²) in [5.41, 5.74) is 3.28. The lowest BCUT2D eigenvalue weighted by Crippen LogP contribution is -2.56. The van der Waals surface area contributed by atoms with Crippen LogP contribution in [0.15, 0.2) is 70.8 Å². The van der Waals surface area contributed by atoms with E-state index in [1.165, 1.54) is 23.1 Å². The normalized spacial score (nSPS) is 21.8. The van der Waals surface area contributed by atoms with Crippen molar-refractivity contribution in [3.8, 4) is 23.2 Å². The van der Waals surface area contributed by atoms with Crippen molar-refractivity contribution in [3.63, 3.8) is 0 Å². The van der Waals surface area contributed by atoms with Crippen molar-refractivity contribution in [3.05, 3.63) is 66.1 Å². The van der Waals surface area contributed by atoms with Gasteiger partial charge < -0.3 is 24.6 Å². The zero-order valence-corrected chi connectivity index (χ0v) is 25.1. The van der Waals surface area contributed by atoms with Gasteiger partial charge in [-0.15, -0.1) is 0 Å². The molecule has 7 rings (SSSR count). The van der Waals surface area contributed by atoms with Crippen LogP contribution in [0.1, 0.15) is 12.0 Å². The van der Waals surface area contributed by atoms with E-state index in [2.05, 4.69) is 58.5 Å². The van der Waals surface area contributed by atoms with Crippen LogP contribution in [0, 0.1) is 11.3 Å². The highest BCUT2D eigenvalue weighted by atomic mass is 19.1. The van der Waals surface area contributed by atoms with E-state index in [0.29, 0.717) is 35.5 Å². The van der Waals surface area contributed by atoms with Crippen LogP contribution in [0.5, 0.6) is 5.75 Å². The van der Waals surface area contributed by atoms with Gasteiger partial charge in [0.2, 0.25) is 5.95 Å². The van der Waals surface area contributed by atoms with Crippen molar-refractivity contribution in [1.29, 1.82) is 5.26 Å². The number of nitriles is 1. The van der Waals surface area contributed by atoms with Crippen molar-refractivity contribution in [2.24, 2.45) is 10.2 Å². The highest BCUT2D eigenvalue weighted by Crippen LogP contribution is 2.29. The molecule has 0 radical (unpaired) electrons. The highest BCUT2D eigenvalue weighted by Gasteiger charge is 2.35. The second-order valence-corrected chi connectivity index (χ2v) is 11.6. The Labute approximate surface area is 265 Å². The predicted octanol–water partition coefficient (Wildman–Crippen LogP) is 3.34. The van der Waals surface area contributed by atoms with Crippen LogP contribution in [0.25, 0.3) is 11.4 Å². The van der Waals surface area contributed by atoms with Crippen molar-refractivity contribution in [2.45, 2.75) is 24.7 Å². The van der Waals surface area contributed by atoms with E-state index in [1.54, 1.807) is 18.2 Å². The van der Waals surface area contributed by atoms with Crippen molar-refractivity contribution in [1.82, 2.24) is 24.8 Å². The zero-order chi connectivity index (χ0) is 31.5. The SMILES string of the molecule is N#Cc1cc(-c2ncnc(Nc3ccc(N4CCN(C5COC5)CC4)cc3)n2)ccc1O[C@H]1CCN(C(=O)C2=CN=NC2)C[C@H]1F. The van der Waals surface area contributed by atoms with E-state index in [-0.39, 0.29) is 36.7 Å². The molecular weight excluding hydrogens is 591 g/mol. The Kier molecular flexibility index (Phi) is 8.49. The molecule has 3 saturated heterocycles. The second-order valence-electron chi connectivity index (χ2n) is 11.6. The van der Waals surface area contributed by atoms with Gasteiger partial charge in [0, 0.05) is 56.1 Å². The summed E-state index contributed by atoms with van der Waals surface area (Å²) < 4.78 is 26.4. The third-order valence-electron chi connectivity index (χ3n) is 8.73. The maximum absolute atomic E-state index is 15.1. The van der Waals surface area contributed by atoms with Gasteiger partial charge in [-0.2, -0.15) is 20.5 Å². The molecule has 1 aromatic heterocycles. The number of carbonyl (C=O) groups is 1. The van der Waals surface area contributed by atoms with Crippen LogP contribution in [-0.2, 0) is 9.53 Å². The van der Waals surface area contributed by atoms with E-state index in [4.69, 9.17) is 9.47 Å². The minimum atomic E-state index is -1.41. The van der Waals surface area contributed by atoms with Crippen LogP contribution >= 0.6 is 0 Å². The van der Waals surface area contributed by atoms with Gasteiger partial charge in [0.25, 0.3) is 5.91 Å². The van der Waals surface area contributed by atoms with E-state index in [9.17, 15) is 10.1 Å². The molecule has 3 aromatic rings. The maximum atomic E-state index is 15.1. The molecule has 14 heteroatoms. The number of hydrogen-bond acceptors (Lipinski definition) is 12. The number of piperidine rings is 1. The summed E-state index contributed by atoms with van der Waals surface area (Å²) in [5, 5.41) is 20.6. The first-order valence-corrected chi connectivity index (χ1v) is 15.4. The average Bonchev–Trinajstić information content (AvgIpc) is 3.61. The fraction of sp³-hybridized carbons (Fsp3) is 0.406. The van der Waals surface area contributed by atoms with Gasteiger partial charge in [-0.3, -0.25) is 9.69 Å². The molecule has 4 aliphatic heterocycles. The zero-order valence-electron chi connectivity index (χ0n) is 25.1. The Morgan fingerprint density at radius 1 is 1.07 bits per heavy atom. The number of hydrogen-bond donors (Lipinski definition) is 1. The number of alkyl halides is 1. The maximum Gasteiger partial charge on any atom is 0.253 e. The Morgan fingerprint density at radius 3 is 2.59 bits per heavy atom. The molecule has 5 heterocycles. The van der Waals surface area contributed by atoms with E-state index in [1.807, 2.05) is 12.1 Å². The summed E-state index contributed by atoms with van der Waals surface area (Å²) in [6, 6.07) is 15.9. The van der Waals surface area contributed by atoms with Crippen molar-refractivity contribution < 1.29 is 18.7 Å². The number of halogens is 1. The number of nitrogens with one attached hydrogen (secondary N) is 1. The molecule has 3 fully saturated rings. The molecule has 236 valence electrons. The molecule has 0 unspecified atom stereocenters. The third-order valence-corrected chi connectivity index (χ3v) is 8.73. The fourth-order valence-corrected chi connectivity index (χ4v) is 5.98. The van der Waals surface area contributed by atoms with Gasteiger partial charge in [-0.25, -0.2) is 14.4 Å². The number of piperazine rings is 1. The predicted molar refractivity (Wildman–Crippen MR) is 166 cm³/mol. The fourth-order valence-electron chi connectivity index (χ4n) is 5.98. The molecule has 0 bridgehead atoms. The number of ether oxygens (including phenoxy) is 2. The van der Waals surface area contributed by atoms with Crippen LogP contribution in [-0.4, -0.2) is 108 Å². The Bertz CT molecular complexity index is 1680. The van der Waals surface area contributed by atoms with E-state index < -0.39 is 12.3 Å². The second kappa shape index (κ2) is 13.2. The molecule has 0 spiro atoms. The summed E-state index contributed by atoms with van der Waals surface area (Å²) in [6.07, 6.45) is 0.910. The number of nitrogens with zero attached hydrogens (tertiary/aromatic N) is 9. The largest absolute Gasteiger partial charge is 0.486 e. The van der Waals surface area contributed by atoms with Crippen LogP contribution in [0.4, 0.5) is 21.7 Å². The topological polar surface area (TPSA) is 144 Å².